The highest BCUT2D eigenvalue weighted by Crippen LogP contribution is 2.26. The Morgan fingerprint density at radius 1 is 1.19 bits per heavy atom. The molecule has 134 valence electrons. The zero-order chi connectivity index (χ0) is 17.9. The Morgan fingerprint density at radius 3 is 2.81 bits per heavy atom. The summed E-state index contributed by atoms with van der Waals surface area (Å²) in [5, 5.41) is 8.72. The van der Waals surface area contributed by atoms with E-state index in [9.17, 15) is 4.39 Å². The minimum absolute atomic E-state index is 0.200. The average molecular weight is 352 g/mol. The Hall–Kier alpha value is -2.64. The number of rotatable bonds is 4. The summed E-state index contributed by atoms with van der Waals surface area (Å²) < 4.78 is 15.4. The van der Waals surface area contributed by atoms with Gasteiger partial charge in [0.1, 0.15) is 11.5 Å². The second-order valence-electron chi connectivity index (χ2n) is 6.65. The van der Waals surface area contributed by atoms with Crippen LogP contribution in [0.15, 0.2) is 48.8 Å². The molecule has 6 nitrogen and oxygen atoms in total. The largest absolute Gasteiger partial charge is 0.327 e. The maximum Gasteiger partial charge on any atom is 0.125 e. The van der Waals surface area contributed by atoms with Gasteiger partial charge in [-0.25, -0.2) is 9.07 Å². The summed E-state index contributed by atoms with van der Waals surface area (Å²) in [5.74, 6) is -0.303. The number of hydrogen-bond acceptors (Lipinski definition) is 5. The molecule has 0 amide bonds. The van der Waals surface area contributed by atoms with Crippen molar-refractivity contribution >= 4 is 0 Å². The van der Waals surface area contributed by atoms with E-state index in [0.717, 1.165) is 42.9 Å². The third kappa shape index (κ3) is 3.49. The zero-order valence-corrected chi connectivity index (χ0v) is 14.4. The van der Waals surface area contributed by atoms with E-state index in [1.54, 1.807) is 23.1 Å². The molecule has 26 heavy (non-hydrogen) atoms. The fourth-order valence-corrected chi connectivity index (χ4v) is 3.45. The first-order valence-corrected chi connectivity index (χ1v) is 8.79. The second-order valence-corrected chi connectivity index (χ2v) is 6.65. The van der Waals surface area contributed by atoms with Crippen LogP contribution < -0.4 is 5.73 Å². The number of likely N-dealkylation sites (tertiary alicyclic amines) is 1. The number of pyridine rings is 1. The average Bonchev–Trinajstić information content (AvgIpc) is 3.06. The highest BCUT2D eigenvalue weighted by atomic mass is 19.1. The van der Waals surface area contributed by atoms with Gasteiger partial charge in [0.15, 0.2) is 0 Å². The number of halogens is 1. The van der Waals surface area contributed by atoms with Crippen molar-refractivity contribution < 1.29 is 4.39 Å². The van der Waals surface area contributed by atoms with E-state index < -0.39 is 0 Å². The Morgan fingerprint density at radius 2 is 2.04 bits per heavy atom. The summed E-state index contributed by atoms with van der Waals surface area (Å²) in [6.07, 6.45) is 5.62. The Bertz CT molecular complexity index is 879. The molecule has 2 aromatic heterocycles. The van der Waals surface area contributed by atoms with Crippen molar-refractivity contribution in [2.45, 2.75) is 25.4 Å². The van der Waals surface area contributed by atoms with Crippen molar-refractivity contribution in [1.82, 2.24) is 24.9 Å². The molecule has 4 rings (SSSR count). The highest BCUT2D eigenvalue weighted by molar-refractivity contribution is 5.63. The van der Waals surface area contributed by atoms with Crippen molar-refractivity contribution in [3.63, 3.8) is 0 Å². The van der Waals surface area contributed by atoms with Gasteiger partial charge >= 0.3 is 0 Å². The molecule has 0 aliphatic carbocycles. The number of nitrogens with two attached hydrogens (primary N) is 1. The van der Waals surface area contributed by atoms with E-state index in [-0.39, 0.29) is 11.9 Å². The SMILES string of the molecule is NC1CCCN(Cc2nnn(-c3cccc(F)c3)c2-c2ccncc2)C1. The molecule has 3 aromatic rings. The van der Waals surface area contributed by atoms with Gasteiger partial charge in [-0.05, 0) is 49.7 Å². The van der Waals surface area contributed by atoms with Crippen LogP contribution in [0.2, 0.25) is 0 Å². The number of nitrogens with zero attached hydrogens (tertiary/aromatic N) is 5. The minimum atomic E-state index is -0.303. The molecule has 0 saturated carbocycles. The lowest BCUT2D eigenvalue weighted by molar-refractivity contribution is 0.199. The molecule has 0 bridgehead atoms. The maximum atomic E-state index is 13.7. The van der Waals surface area contributed by atoms with Crippen LogP contribution in [0.3, 0.4) is 0 Å². The lowest BCUT2D eigenvalue weighted by Gasteiger charge is -2.30. The second kappa shape index (κ2) is 7.31. The third-order valence-electron chi connectivity index (χ3n) is 4.66. The van der Waals surface area contributed by atoms with E-state index >= 15 is 0 Å². The van der Waals surface area contributed by atoms with Crippen molar-refractivity contribution in [3.05, 3.63) is 60.3 Å². The predicted molar refractivity (Wildman–Crippen MR) is 97.0 cm³/mol. The highest BCUT2D eigenvalue weighted by Gasteiger charge is 2.22. The Balaban J connectivity index is 1.75. The van der Waals surface area contributed by atoms with E-state index in [4.69, 9.17) is 5.73 Å². The normalized spacial score (nSPS) is 18.2. The topological polar surface area (TPSA) is 72.9 Å². The van der Waals surface area contributed by atoms with Crippen LogP contribution in [-0.2, 0) is 6.54 Å². The number of piperidine rings is 1. The quantitative estimate of drug-likeness (QED) is 0.780. The molecule has 1 saturated heterocycles. The van der Waals surface area contributed by atoms with Gasteiger partial charge < -0.3 is 5.73 Å². The summed E-state index contributed by atoms with van der Waals surface area (Å²) in [4.78, 5) is 6.39. The van der Waals surface area contributed by atoms with Gasteiger partial charge in [-0.15, -0.1) is 5.10 Å². The molecule has 7 heteroatoms. The number of hydrogen-bond donors (Lipinski definition) is 1. The third-order valence-corrected chi connectivity index (χ3v) is 4.66. The van der Waals surface area contributed by atoms with Crippen LogP contribution in [-0.4, -0.2) is 44.0 Å². The van der Waals surface area contributed by atoms with Crippen LogP contribution in [0.25, 0.3) is 16.9 Å². The maximum absolute atomic E-state index is 13.7. The van der Waals surface area contributed by atoms with Gasteiger partial charge in [0.25, 0.3) is 0 Å². The van der Waals surface area contributed by atoms with Crippen molar-refractivity contribution in [2.24, 2.45) is 5.73 Å². The Kier molecular flexibility index (Phi) is 4.73. The van der Waals surface area contributed by atoms with Gasteiger partial charge in [-0.3, -0.25) is 9.88 Å². The lowest BCUT2D eigenvalue weighted by Crippen LogP contribution is -2.42. The van der Waals surface area contributed by atoms with Crippen molar-refractivity contribution in [1.29, 1.82) is 0 Å². The molecule has 1 fully saturated rings. The number of benzene rings is 1. The first kappa shape index (κ1) is 16.8. The van der Waals surface area contributed by atoms with Gasteiger partial charge in [0, 0.05) is 37.1 Å². The summed E-state index contributed by atoms with van der Waals surface area (Å²) in [6.45, 7) is 2.51. The van der Waals surface area contributed by atoms with Crippen LogP contribution in [0.1, 0.15) is 18.5 Å². The number of aromatic nitrogens is 4. The van der Waals surface area contributed by atoms with Crippen LogP contribution in [0.4, 0.5) is 4.39 Å². The summed E-state index contributed by atoms with van der Waals surface area (Å²) >= 11 is 0. The van der Waals surface area contributed by atoms with Crippen LogP contribution in [0, 0.1) is 5.82 Å². The first-order valence-electron chi connectivity index (χ1n) is 8.79. The lowest BCUT2D eigenvalue weighted by atomic mass is 10.1. The zero-order valence-electron chi connectivity index (χ0n) is 14.4. The molecule has 0 spiro atoms. The van der Waals surface area contributed by atoms with Crippen LogP contribution in [0.5, 0.6) is 0 Å². The fraction of sp³-hybridized carbons (Fsp3) is 0.316. The monoisotopic (exact) mass is 352 g/mol. The van der Waals surface area contributed by atoms with E-state index in [0.29, 0.717) is 12.2 Å². The molecule has 0 radical (unpaired) electrons. The van der Waals surface area contributed by atoms with Gasteiger partial charge in [0.05, 0.1) is 11.4 Å². The molecule has 1 atom stereocenters. The Labute approximate surface area is 151 Å². The summed E-state index contributed by atoms with van der Waals surface area (Å²) in [7, 11) is 0. The smallest absolute Gasteiger partial charge is 0.125 e. The first-order chi connectivity index (χ1) is 12.7. The van der Waals surface area contributed by atoms with Crippen molar-refractivity contribution in [2.75, 3.05) is 13.1 Å². The van der Waals surface area contributed by atoms with E-state index in [1.807, 2.05) is 18.2 Å². The van der Waals surface area contributed by atoms with Gasteiger partial charge in [-0.1, -0.05) is 11.3 Å². The fourth-order valence-electron chi connectivity index (χ4n) is 3.45. The standard InChI is InChI=1S/C19H21FN6/c20-15-3-1-5-17(11-15)26-19(14-6-8-22-9-7-14)18(23-24-26)13-25-10-2-4-16(21)12-25/h1,3,5-9,11,16H,2,4,10,12-13,21H2. The summed E-state index contributed by atoms with van der Waals surface area (Å²) in [5.41, 5.74) is 9.42. The molecule has 2 N–H and O–H groups in total. The molecule has 3 heterocycles. The van der Waals surface area contributed by atoms with Gasteiger partial charge in [-0.2, -0.15) is 0 Å². The van der Waals surface area contributed by atoms with Crippen LogP contribution >= 0.6 is 0 Å². The molecule has 1 unspecified atom stereocenters. The van der Waals surface area contributed by atoms with Crippen molar-refractivity contribution in [3.8, 4) is 16.9 Å². The molecular formula is C19H21FN6. The molecule has 1 aliphatic heterocycles. The predicted octanol–water partition coefficient (Wildman–Crippen LogP) is 2.39. The molecule has 1 aliphatic rings. The molecular weight excluding hydrogens is 331 g/mol. The van der Waals surface area contributed by atoms with E-state index in [2.05, 4.69) is 20.2 Å². The summed E-state index contributed by atoms with van der Waals surface area (Å²) in [6, 6.07) is 10.4. The van der Waals surface area contributed by atoms with E-state index in [1.165, 1.54) is 12.1 Å². The van der Waals surface area contributed by atoms with Gasteiger partial charge in [0.2, 0.25) is 0 Å². The molecule has 1 aromatic carbocycles. The minimum Gasteiger partial charge on any atom is -0.327 e.